The predicted octanol–water partition coefficient (Wildman–Crippen LogP) is 5.24. The van der Waals surface area contributed by atoms with Gasteiger partial charge in [0.1, 0.15) is 11.2 Å². The van der Waals surface area contributed by atoms with E-state index in [1.807, 2.05) is 44.3 Å². The van der Waals surface area contributed by atoms with Gasteiger partial charge in [0.15, 0.2) is 11.0 Å². The zero-order valence-corrected chi connectivity index (χ0v) is 24.7. The van der Waals surface area contributed by atoms with Gasteiger partial charge in [-0.2, -0.15) is 0 Å². The normalized spacial score (nSPS) is 14.9. The summed E-state index contributed by atoms with van der Waals surface area (Å²) in [4.78, 5) is 43.6. The van der Waals surface area contributed by atoms with E-state index in [0.717, 1.165) is 32.8 Å². The fraction of sp³-hybridized carbons (Fsp3) is 0.379. The Balaban J connectivity index is 1.48. The molecular weight excluding hydrogens is 558 g/mol. The molecule has 3 aromatic heterocycles. The van der Waals surface area contributed by atoms with Crippen LogP contribution in [0.1, 0.15) is 46.4 Å². The topological polar surface area (TPSA) is 163 Å². The van der Waals surface area contributed by atoms with Crippen LogP contribution in [0.4, 0.5) is 20.4 Å². The first-order valence-corrected chi connectivity index (χ1v) is 14.4. The van der Waals surface area contributed by atoms with Crippen molar-refractivity contribution in [3.8, 4) is 22.4 Å². The molecule has 0 spiro atoms. The number of carbonyl (C=O) groups excluding carboxylic acids is 1. The zero-order chi connectivity index (χ0) is 30.1. The average molecular weight is 592 g/mol. The first-order valence-electron chi connectivity index (χ1n) is 13.6. The first-order chi connectivity index (χ1) is 19.9. The van der Waals surface area contributed by atoms with Gasteiger partial charge >= 0.3 is 12.2 Å². The lowest BCUT2D eigenvalue weighted by atomic mass is 9.93. The van der Waals surface area contributed by atoms with Crippen molar-refractivity contribution in [2.24, 2.45) is 0 Å². The van der Waals surface area contributed by atoms with Crippen LogP contribution in [0, 0.1) is 0 Å². The Labute approximate surface area is 246 Å². The summed E-state index contributed by atoms with van der Waals surface area (Å²) in [6.45, 7) is 8.72. The number of pyridine rings is 1. The second kappa shape index (κ2) is 11.5. The lowest BCUT2D eigenvalue weighted by molar-refractivity contribution is -0.0215. The second-order valence-electron chi connectivity index (χ2n) is 10.9. The number of amides is 2. The van der Waals surface area contributed by atoms with Gasteiger partial charge < -0.3 is 25.2 Å². The molecule has 1 aliphatic rings. The van der Waals surface area contributed by atoms with Crippen LogP contribution in [0.3, 0.4) is 0 Å². The van der Waals surface area contributed by atoms with Crippen LogP contribution in [-0.4, -0.2) is 67.6 Å². The van der Waals surface area contributed by atoms with Crippen LogP contribution in [0.25, 0.3) is 32.6 Å². The molecule has 1 aliphatic heterocycles. The van der Waals surface area contributed by atoms with Gasteiger partial charge in [0.2, 0.25) is 0 Å². The third-order valence-corrected chi connectivity index (χ3v) is 8.14. The van der Waals surface area contributed by atoms with Gasteiger partial charge in [-0.05, 0) is 57.5 Å². The van der Waals surface area contributed by atoms with Gasteiger partial charge in [0, 0.05) is 56.0 Å². The van der Waals surface area contributed by atoms with E-state index in [1.165, 1.54) is 11.3 Å². The number of ether oxygens (including phenoxy) is 1. The van der Waals surface area contributed by atoms with Crippen molar-refractivity contribution < 1.29 is 24.5 Å². The molecule has 0 bridgehead atoms. The molecule has 13 heteroatoms. The number of piperidine rings is 1. The van der Waals surface area contributed by atoms with E-state index in [0.29, 0.717) is 48.9 Å². The summed E-state index contributed by atoms with van der Waals surface area (Å²) >= 11 is 1.36. The van der Waals surface area contributed by atoms with Gasteiger partial charge in [-0.1, -0.05) is 11.3 Å². The Morgan fingerprint density at radius 2 is 1.81 bits per heavy atom. The average Bonchev–Trinajstić information content (AvgIpc) is 3.34. The van der Waals surface area contributed by atoms with E-state index < -0.39 is 17.4 Å². The maximum Gasteiger partial charge on any atom is 0.506 e. The van der Waals surface area contributed by atoms with Crippen molar-refractivity contribution in [3.05, 3.63) is 48.7 Å². The van der Waals surface area contributed by atoms with E-state index >= 15 is 0 Å². The lowest BCUT2D eigenvalue weighted by Gasteiger charge is -2.39. The minimum atomic E-state index is -1.25. The van der Waals surface area contributed by atoms with Gasteiger partial charge in [0.25, 0.3) is 0 Å². The summed E-state index contributed by atoms with van der Waals surface area (Å²) in [5.74, 6) is 0.319. The number of fused-ring (bicyclic) bond motifs is 1. The first kappa shape index (κ1) is 29.1. The summed E-state index contributed by atoms with van der Waals surface area (Å²) in [6.07, 6.45) is 5.06. The van der Waals surface area contributed by atoms with E-state index in [4.69, 9.17) is 14.8 Å². The van der Waals surface area contributed by atoms with Crippen molar-refractivity contribution in [1.29, 1.82) is 0 Å². The fourth-order valence-corrected chi connectivity index (χ4v) is 5.78. The highest BCUT2D eigenvalue weighted by Gasteiger charge is 2.34. The molecule has 12 nitrogen and oxygen atoms in total. The largest absolute Gasteiger partial charge is 0.506 e. The Hall–Kier alpha value is -4.36. The number of benzene rings is 1. The number of anilines is 2. The van der Waals surface area contributed by atoms with Crippen molar-refractivity contribution in [2.75, 3.05) is 29.9 Å². The van der Waals surface area contributed by atoms with Crippen molar-refractivity contribution in [3.63, 3.8) is 0 Å². The quantitative estimate of drug-likeness (QED) is 0.209. The molecule has 42 heavy (non-hydrogen) atoms. The minimum Gasteiger partial charge on any atom is -0.450 e. The summed E-state index contributed by atoms with van der Waals surface area (Å²) in [5, 5.41) is 25.3. The third kappa shape index (κ3) is 6.42. The Kier molecular flexibility index (Phi) is 7.97. The summed E-state index contributed by atoms with van der Waals surface area (Å²) in [7, 11) is 0. The monoisotopic (exact) mass is 591 g/mol. The van der Waals surface area contributed by atoms with E-state index in [1.54, 1.807) is 26.2 Å². The van der Waals surface area contributed by atoms with Crippen LogP contribution in [-0.2, 0) is 10.3 Å². The number of carboxylic acid groups (broad SMARTS) is 1. The molecule has 0 radical (unpaired) electrons. The molecule has 0 aliphatic carbocycles. The van der Waals surface area contributed by atoms with Crippen LogP contribution < -0.4 is 15.5 Å². The van der Waals surface area contributed by atoms with Crippen LogP contribution in [0.15, 0.2) is 42.9 Å². The molecule has 1 fully saturated rings. The summed E-state index contributed by atoms with van der Waals surface area (Å²) in [6, 6.07) is 7.52. The number of nitrogens with one attached hydrogen (secondary N) is 2. The molecule has 4 N–H and O–H groups in total. The number of aliphatic hydroxyl groups is 1. The Bertz CT molecular complexity index is 1590. The maximum atomic E-state index is 12.2. The molecule has 1 saturated heterocycles. The molecule has 4 heterocycles. The molecule has 4 aromatic rings. The standard InChI is InChI=1S/C29H33N7O5S/c1-5-30-25(37)35-26-34-22-13-17(18-14-32-24(33-15-18)28(2,3)40)12-20(23(22)42-26)21-7-6-19(16-31-21)36-10-8-29(4,9-11-36)41-27(38)39/h6-7,12-16,40H,5,8-11H2,1-4H3,(H,38,39)(H2,30,34,35,37). The summed E-state index contributed by atoms with van der Waals surface area (Å²) in [5.41, 5.74) is 2.88. The molecule has 0 atom stereocenters. The van der Waals surface area contributed by atoms with Crippen molar-refractivity contribution >= 4 is 44.6 Å². The smallest absolute Gasteiger partial charge is 0.450 e. The summed E-state index contributed by atoms with van der Waals surface area (Å²) < 4.78 is 5.97. The second-order valence-corrected chi connectivity index (χ2v) is 11.9. The third-order valence-electron chi connectivity index (χ3n) is 7.12. The number of hydrogen-bond donors (Lipinski definition) is 4. The van der Waals surface area contributed by atoms with Crippen LogP contribution in [0.2, 0.25) is 0 Å². The maximum absolute atomic E-state index is 12.2. The van der Waals surface area contributed by atoms with Gasteiger partial charge in [0.05, 0.1) is 27.8 Å². The molecule has 2 amide bonds. The van der Waals surface area contributed by atoms with E-state index in [9.17, 15) is 14.7 Å². The SMILES string of the molecule is CCNC(=O)Nc1nc2cc(-c3cnc(C(C)(C)O)nc3)cc(-c3ccc(N4CCC(C)(OC(=O)O)CC4)cn3)c2s1. The highest BCUT2D eigenvalue weighted by atomic mass is 32.1. The minimum absolute atomic E-state index is 0.319. The van der Waals surface area contributed by atoms with Gasteiger partial charge in [-0.15, -0.1) is 0 Å². The van der Waals surface area contributed by atoms with Crippen molar-refractivity contribution in [2.45, 2.75) is 51.7 Å². The number of aromatic nitrogens is 4. The number of rotatable bonds is 7. The number of thiazole rings is 1. The highest BCUT2D eigenvalue weighted by Crippen LogP contribution is 2.39. The zero-order valence-electron chi connectivity index (χ0n) is 23.8. The molecule has 5 rings (SSSR count). The van der Waals surface area contributed by atoms with Crippen LogP contribution in [0.5, 0.6) is 0 Å². The molecular formula is C29H33N7O5S. The molecule has 220 valence electrons. The molecule has 0 saturated carbocycles. The highest BCUT2D eigenvalue weighted by molar-refractivity contribution is 7.22. The van der Waals surface area contributed by atoms with E-state index in [-0.39, 0.29) is 6.03 Å². The van der Waals surface area contributed by atoms with E-state index in [2.05, 4.69) is 30.5 Å². The fourth-order valence-electron chi connectivity index (χ4n) is 4.82. The molecule has 1 aromatic carbocycles. The predicted molar refractivity (Wildman–Crippen MR) is 161 cm³/mol. The van der Waals surface area contributed by atoms with Crippen molar-refractivity contribution in [1.82, 2.24) is 25.3 Å². The van der Waals surface area contributed by atoms with Gasteiger partial charge in [-0.3, -0.25) is 10.3 Å². The molecule has 0 unspecified atom stereocenters. The lowest BCUT2D eigenvalue weighted by Crippen LogP contribution is -2.45. The van der Waals surface area contributed by atoms with Gasteiger partial charge in [-0.25, -0.2) is 24.5 Å². The number of hydrogen-bond acceptors (Lipinski definition) is 10. The number of urea groups is 1. The number of carbonyl (C=O) groups is 2. The Morgan fingerprint density at radius 3 is 2.40 bits per heavy atom. The number of nitrogens with zero attached hydrogens (tertiary/aromatic N) is 5. The van der Waals surface area contributed by atoms with Crippen LogP contribution >= 0.6 is 11.3 Å². The Morgan fingerprint density at radius 1 is 1.10 bits per heavy atom.